The molecular formula is C15H22ClN3O. The van der Waals surface area contributed by atoms with E-state index in [-0.39, 0.29) is 5.91 Å². The molecule has 1 atom stereocenters. The lowest BCUT2D eigenvalue weighted by molar-refractivity contribution is -0.117. The summed E-state index contributed by atoms with van der Waals surface area (Å²) in [4.78, 5) is 14.2. The van der Waals surface area contributed by atoms with Gasteiger partial charge in [-0.3, -0.25) is 9.69 Å². The fourth-order valence-electron chi connectivity index (χ4n) is 2.70. The van der Waals surface area contributed by atoms with Crippen LogP contribution in [0.25, 0.3) is 0 Å². The first-order valence-corrected chi connectivity index (χ1v) is 7.53. The number of amides is 1. The molecule has 3 N–H and O–H groups in total. The fourth-order valence-corrected chi connectivity index (χ4v) is 2.83. The van der Waals surface area contributed by atoms with E-state index in [9.17, 15) is 4.79 Å². The Morgan fingerprint density at radius 1 is 1.40 bits per heavy atom. The molecule has 20 heavy (non-hydrogen) atoms. The third-order valence-corrected chi connectivity index (χ3v) is 3.93. The molecule has 1 saturated heterocycles. The molecule has 0 aliphatic carbocycles. The number of halogens is 1. The highest BCUT2D eigenvalue weighted by atomic mass is 35.5. The van der Waals surface area contributed by atoms with Crippen LogP contribution in [-0.2, 0) is 4.79 Å². The number of anilines is 1. The van der Waals surface area contributed by atoms with Gasteiger partial charge in [-0.25, -0.2) is 0 Å². The molecule has 1 aromatic rings. The number of carbonyl (C=O) groups excluding carboxylic acids is 1. The molecule has 1 unspecified atom stereocenters. The van der Waals surface area contributed by atoms with E-state index in [1.807, 2.05) is 12.1 Å². The summed E-state index contributed by atoms with van der Waals surface area (Å²) in [5, 5.41) is 3.57. The van der Waals surface area contributed by atoms with E-state index in [4.69, 9.17) is 17.3 Å². The number of rotatable bonds is 5. The number of nitrogens with two attached hydrogens (primary N) is 1. The Hall–Kier alpha value is -1.10. The van der Waals surface area contributed by atoms with Crippen molar-refractivity contribution < 1.29 is 4.79 Å². The van der Waals surface area contributed by atoms with Crippen molar-refractivity contribution in [3.05, 3.63) is 29.3 Å². The zero-order valence-corrected chi connectivity index (χ0v) is 12.4. The van der Waals surface area contributed by atoms with Crippen molar-refractivity contribution in [3.63, 3.8) is 0 Å². The number of nitrogens with one attached hydrogen (secondary N) is 1. The second-order valence-corrected chi connectivity index (χ2v) is 5.81. The van der Waals surface area contributed by atoms with E-state index < -0.39 is 0 Å². The first-order valence-electron chi connectivity index (χ1n) is 7.15. The molecule has 0 aromatic heterocycles. The lowest BCUT2D eigenvalue weighted by Gasteiger charge is -2.32. The molecule has 4 nitrogen and oxygen atoms in total. The maximum atomic E-state index is 12.0. The van der Waals surface area contributed by atoms with E-state index in [2.05, 4.69) is 10.2 Å². The molecule has 1 aliphatic heterocycles. The van der Waals surface area contributed by atoms with Crippen LogP contribution in [0, 0.1) is 5.92 Å². The molecule has 0 spiro atoms. The van der Waals surface area contributed by atoms with Crippen molar-refractivity contribution in [2.24, 2.45) is 11.7 Å². The van der Waals surface area contributed by atoms with Crippen molar-refractivity contribution in [1.82, 2.24) is 4.90 Å². The second kappa shape index (κ2) is 7.62. The van der Waals surface area contributed by atoms with Gasteiger partial charge in [0.25, 0.3) is 0 Å². The lowest BCUT2D eigenvalue weighted by atomic mass is 9.95. The van der Waals surface area contributed by atoms with Crippen LogP contribution in [0.3, 0.4) is 0 Å². The number of hydrogen-bond donors (Lipinski definition) is 2. The third kappa shape index (κ3) is 4.78. The third-order valence-electron chi connectivity index (χ3n) is 3.67. The van der Waals surface area contributed by atoms with E-state index >= 15 is 0 Å². The van der Waals surface area contributed by atoms with Crippen molar-refractivity contribution in [1.29, 1.82) is 0 Å². The number of hydrogen-bond acceptors (Lipinski definition) is 3. The second-order valence-electron chi connectivity index (χ2n) is 5.38. The Balaban J connectivity index is 1.80. The number of carbonyl (C=O) groups is 1. The standard InChI is InChI=1S/C15H22ClN3O/c16-13-3-5-14(6-4-13)18-15(20)11-19-9-1-2-12(10-19)7-8-17/h3-6,12H,1-2,7-11,17H2,(H,18,20). The summed E-state index contributed by atoms with van der Waals surface area (Å²) in [5.41, 5.74) is 6.40. The molecule has 0 radical (unpaired) electrons. The van der Waals surface area contributed by atoms with Gasteiger partial charge in [-0.2, -0.15) is 0 Å². The van der Waals surface area contributed by atoms with Gasteiger partial charge in [0.2, 0.25) is 5.91 Å². The predicted molar refractivity (Wildman–Crippen MR) is 82.9 cm³/mol. The molecule has 1 aliphatic rings. The average Bonchev–Trinajstić information content (AvgIpc) is 2.42. The lowest BCUT2D eigenvalue weighted by Crippen LogP contribution is -2.40. The van der Waals surface area contributed by atoms with Crippen molar-refractivity contribution >= 4 is 23.2 Å². The molecule has 1 aromatic carbocycles. The van der Waals surface area contributed by atoms with Gasteiger partial charge in [-0.15, -0.1) is 0 Å². The SMILES string of the molecule is NCCC1CCCN(CC(=O)Nc2ccc(Cl)cc2)C1. The Kier molecular flexibility index (Phi) is 5.83. The molecule has 1 fully saturated rings. The summed E-state index contributed by atoms with van der Waals surface area (Å²) in [6.07, 6.45) is 3.43. The topological polar surface area (TPSA) is 58.4 Å². The van der Waals surface area contributed by atoms with Crippen LogP contribution in [0.2, 0.25) is 5.02 Å². The minimum Gasteiger partial charge on any atom is -0.330 e. The smallest absolute Gasteiger partial charge is 0.238 e. The Bertz CT molecular complexity index is 433. The first kappa shape index (κ1) is 15.3. The summed E-state index contributed by atoms with van der Waals surface area (Å²) in [6, 6.07) is 7.17. The summed E-state index contributed by atoms with van der Waals surface area (Å²) >= 11 is 5.82. The normalized spacial score (nSPS) is 19.8. The summed E-state index contributed by atoms with van der Waals surface area (Å²) in [5.74, 6) is 0.665. The number of piperidine rings is 1. The fraction of sp³-hybridized carbons (Fsp3) is 0.533. The number of likely N-dealkylation sites (tertiary alicyclic amines) is 1. The summed E-state index contributed by atoms with van der Waals surface area (Å²) in [6.45, 7) is 3.15. The van der Waals surface area contributed by atoms with Gasteiger partial charge in [0.15, 0.2) is 0 Å². The van der Waals surface area contributed by atoms with Crippen LogP contribution in [0.15, 0.2) is 24.3 Å². The van der Waals surface area contributed by atoms with Crippen LogP contribution in [0.5, 0.6) is 0 Å². The molecule has 2 rings (SSSR count). The molecular weight excluding hydrogens is 274 g/mol. The maximum absolute atomic E-state index is 12.0. The highest BCUT2D eigenvalue weighted by molar-refractivity contribution is 6.30. The molecule has 0 bridgehead atoms. The van der Waals surface area contributed by atoms with Gasteiger partial charge in [-0.1, -0.05) is 11.6 Å². The van der Waals surface area contributed by atoms with Crippen LogP contribution < -0.4 is 11.1 Å². The monoisotopic (exact) mass is 295 g/mol. The highest BCUT2D eigenvalue weighted by Gasteiger charge is 2.20. The molecule has 1 amide bonds. The van der Waals surface area contributed by atoms with E-state index in [0.717, 1.165) is 38.2 Å². The van der Waals surface area contributed by atoms with Gasteiger partial charge < -0.3 is 11.1 Å². The van der Waals surface area contributed by atoms with Crippen LogP contribution in [0.1, 0.15) is 19.3 Å². The van der Waals surface area contributed by atoms with Gasteiger partial charge in [0, 0.05) is 17.3 Å². The van der Waals surface area contributed by atoms with Gasteiger partial charge in [-0.05, 0) is 62.5 Å². The number of nitrogens with zero attached hydrogens (tertiary/aromatic N) is 1. The Labute approximate surface area is 125 Å². The Morgan fingerprint density at radius 3 is 2.85 bits per heavy atom. The summed E-state index contributed by atoms with van der Waals surface area (Å²) in [7, 11) is 0. The minimum atomic E-state index is 0.0284. The van der Waals surface area contributed by atoms with Gasteiger partial charge >= 0.3 is 0 Å². The van der Waals surface area contributed by atoms with E-state index in [0.29, 0.717) is 17.5 Å². The quantitative estimate of drug-likeness (QED) is 0.876. The van der Waals surface area contributed by atoms with Gasteiger partial charge in [0.05, 0.1) is 6.54 Å². The zero-order chi connectivity index (χ0) is 14.4. The van der Waals surface area contributed by atoms with E-state index in [1.165, 1.54) is 6.42 Å². The van der Waals surface area contributed by atoms with E-state index in [1.54, 1.807) is 12.1 Å². The summed E-state index contributed by atoms with van der Waals surface area (Å²) < 4.78 is 0. The van der Waals surface area contributed by atoms with Crippen LogP contribution in [0.4, 0.5) is 5.69 Å². The van der Waals surface area contributed by atoms with Gasteiger partial charge in [0.1, 0.15) is 0 Å². The van der Waals surface area contributed by atoms with Crippen molar-refractivity contribution in [2.45, 2.75) is 19.3 Å². The van der Waals surface area contributed by atoms with Crippen molar-refractivity contribution in [2.75, 3.05) is 31.5 Å². The molecule has 0 saturated carbocycles. The van der Waals surface area contributed by atoms with Crippen molar-refractivity contribution in [3.8, 4) is 0 Å². The Morgan fingerprint density at radius 2 is 2.15 bits per heavy atom. The predicted octanol–water partition coefficient (Wildman–Crippen LogP) is 2.34. The van der Waals surface area contributed by atoms with Crippen LogP contribution in [-0.4, -0.2) is 37.0 Å². The molecule has 110 valence electrons. The number of benzene rings is 1. The molecule has 5 heteroatoms. The average molecular weight is 296 g/mol. The first-order chi connectivity index (χ1) is 9.67. The zero-order valence-electron chi connectivity index (χ0n) is 11.6. The minimum absolute atomic E-state index is 0.0284. The maximum Gasteiger partial charge on any atom is 0.238 e. The molecule has 1 heterocycles. The largest absolute Gasteiger partial charge is 0.330 e. The highest BCUT2D eigenvalue weighted by Crippen LogP contribution is 2.19. The van der Waals surface area contributed by atoms with Crippen LogP contribution >= 0.6 is 11.6 Å².